The number of aryl methyl sites for hydroxylation is 1. The molecule has 0 unspecified atom stereocenters. The van der Waals surface area contributed by atoms with Crippen LogP contribution in [0.2, 0.25) is 5.02 Å². The van der Waals surface area contributed by atoms with Gasteiger partial charge in [0.2, 0.25) is 0 Å². The number of halogens is 2. The van der Waals surface area contributed by atoms with Crippen molar-refractivity contribution >= 4 is 33.2 Å². The molecule has 3 rings (SSSR count). The molecular formula is C17H17BrClN. The summed E-state index contributed by atoms with van der Waals surface area (Å²) in [6.45, 7) is 2.13. The molecule has 1 nitrogen and oxygen atoms in total. The largest absolute Gasteiger partial charge is 0.381 e. The zero-order valence-corrected chi connectivity index (χ0v) is 13.7. The van der Waals surface area contributed by atoms with Crippen LogP contribution >= 0.6 is 27.5 Å². The maximum Gasteiger partial charge on any atom is 0.0638 e. The molecule has 0 radical (unpaired) electrons. The van der Waals surface area contributed by atoms with E-state index in [1.54, 1.807) is 0 Å². The molecule has 2 aromatic carbocycles. The summed E-state index contributed by atoms with van der Waals surface area (Å²) in [6, 6.07) is 15.3. The minimum Gasteiger partial charge on any atom is -0.381 e. The molecule has 1 aliphatic carbocycles. The van der Waals surface area contributed by atoms with Crippen molar-refractivity contribution in [3.63, 3.8) is 0 Å². The van der Waals surface area contributed by atoms with Gasteiger partial charge in [0.15, 0.2) is 0 Å². The van der Waals surface area contributed by atoms with Crippen LogP contribution in [-0.2, 0) is 0 Å². The highest BCUT2D eigenvalue weighted by Crippen LogP contribution is 2.39. The van der Waals surface area contributed by atoms with Crippen molar-refractivity contribution in [2.24, 2.45) is 0 Å². The standard InChI is InChI=1S/C17H17BrClN/c1-11-2-4-12(5-3-11)13-8-15(9-13)20-17-10-14(18)6-7-16(17)19/h2-7,10,13,15,20H,8-9H2,1H3. The zero-order chi connectivity index (χ0) is 14.1. The Kier molecular flexibility index (Phi) is 4.04. The van der Waals surface area contributed by atoms with Crippen molar-refractivity contribution in [3.8, 4) is 0 Å². The molecule has 0 heterocycles. The second-order valence-electron chi connectivity index (χ2n) is 5.54. The number of anilines is 1. The van der Waals surface area contributed by atoms with Gasteiger partial charge in [-0.05, 0) is 49.4 Å². The van der Waals surface area contributed by atoms with Crippen LogP contribution in [0.4, 0.5) is 5.69 Å². The quantitative estimate of drug-likeness (QED) is 0.741. The van der Waals surface area contributed by atoms with Gasteiger partial charge in [-0.25, -0.2) is 0 Å². The van der Waals surface area contributed by atoms with Crippen molar-refractivity contribution in [2.75, 3.05) is 5.32 Å². The van der Waals surface area contributed by atoms with Crippen LogP contribution in [-0.4, -0.2) is 6.04 Å². The van der Waals surface area contributed by atoms with E-state index in [9.17, 15) is 0 Å². The molecule has 0 bridgehead atoms. The number of nitrogens with one attached hydrogen (secondary N) is 1. The third kappa shape index (κ3) is 3.02. The predicted octanol–water partition coefficient (Wildman–Crippen LogP) is 5.77. The Labute approximate surface area is 133 Å². The van der Waals surface area contributed by atoms with E-state index < -0.39 is 0 Å². The smallest absolute Gasteiger partial charge is 0.0638 e. The Hall–Kier alpha value is -0.990. The molecular weight excluding hydrogens is 334 g/mol. The van der Waals surface area contributed by atoms with E-state index >= 15 is 0 Å². The molecule has 1 fully saturated rings. The molecule has 3 heteroatoms. The highest BCUT2D eigenvalue weighted by molar-refractivity contribution is 9.10. The average molecular weight is 351 g/mol. The normalized spacial score (nSPS) is 21.4. The Morgan fingerprint density at radius 1 is 1.10 bits per heavy atom. The summed E-state index contributed by atoms with van der Waals surface area (Å²) in [7, 11) is 0. The number of hydrogen-bond acceptors (Lipinski definition) is 1. The van der Waals surface area contributed by atoms with Gasteiger partial charge in [0.05, 0.1) is 10.7 Å². The van der Waals surface area contributed by atoms with Crippen molar-refractivity contribution in [2.45, 2.75) is 31.7 Å². The highest BCUT2D eigenvalue weighted by atomic mass is 79.9. The molecule has 0 aromatic heterocycles. The summed E-state index contributed by atoms with van der Waals surface area (Å²) in [4.78, 5) is 0. The molecule has 0 spiro atoms. The van der Waals surface area contributed by atoms with E-state index in [4.69, 9.17) is 11.6 Å². The summed E-state index contributed by atoms with van der Waals surface area (Å²) in [5.74, 6) is 0.680. The Balaban J connectivity index is 1.60. The van der Waals surface area contributed by atoms with E-state index in [0.29, 0.717) is 12.0 Å². The van der Waals surface area contributed by atoms with E-state index in [1.165, 1.54) is 24.0 Å². The van der Waals surface area contributed by atoms with Gasteiger partial charge in [-0.1, -0.05) is 57.4 Å². The molecule has 0 aliphatic heterocycles. The van der Waals surface area contributed by atoms with Gasteiger partial charge in [0.25, 0.3) is 0 Å². The van der Waals surface area contributed by atoms with Crippen LogP contribution in [0.5, 0.6) is 0 Å². The molecule has 2 aromatic rings. The van der Waals surface area contributed by atoms with Gasteiger partial charge in [-0.15, -0.1) is 0 Å². The monoisotopic (exact) mass is 349 g/mol. The third-order valence-electron chi connectivity index (χ3n) is 3.97. The second-order valence-corrected chi connectivity index (χ2v) is 6.87. The van der Waals surface area contributed by atoms with Crippen LogP contribution < -0.4 is 5.32 Å². The lowest BCUT2D eigenvalue weighted by Crippen LogP contribution is -2.34. The van der Waals surface area contributed by atoms with E-state index in [1.807, 2.05) is 18.2 Å². The van der Waals surface area contributed by atoms with Gasteiger partial charge in [0.1, 0.15) is 0 Å². The topological polar surface area (TPSA) is 12.0 Å². The fourth-order valence-electron chi connectivity index (χ4n) is 2.67. The van der Waals surface area contributed by atoms with Crippen LogP contribution in [0.15, 0.2) is 46.9 Å². The Bertz CT molecular complexity index is 603. The predicted molar refractivity (Wildman–Crippen MR) is 89.7 cm³/mol. The van der Waals surface area contributed by atoms with Crippen molar-refractivity contribution in [1.29, 1.82) is 0 Å². The summed E-state index contributed by atoms with van der Waals surface area (Å²) in [5.41, 5.74) is 3.80. The first-order chi connectivity index (χ1) is 9.61. The molecule has 0 atom stereocenters. The summed E-state index contributed by atoms with van der Waals surface area (Å²) < 4.78 is 1.05. The molecule has 1 aliphatic rings. The maximum atomic E-state index is 6.21. The minimum atomic E-state index is 0.521. The second kappa shape index (κ2) is 5.79. The van der Waals surface area contributed by atoms with Gasteiger partial charge in [0, 0.05) is 10.5 Å². The number of benzene rings is 2. The molecule has 104 valence electrons. The number of hydrogen-bond donors (Lipinski definition) is 1. The molecule has 1 N–H and O–H groups in total. The first-order valence-corrected chi connectivity index (χ1v) is 8.07. The molecule has 0 amide bonds. The van der Waals surface area contributed by atoms with Crippen LogP contribution in [0.25, 0.3) is 0 Å². The van der Waals surface area contributed by atoms with E-state index in [-0.39, 0.29) is 0 Å². The van der Waals surface area contributed by atoms with Crippen LogP contribution in [0.3, 0.4) is 0 Å². The molecule has 1 saturated carbocycles. The fraction of sp³-hybridized carbons (Fsp3) is 0.294. The highest BCUT2D eigenvalue weighted by Gasteiger charge is 2.30. The average Bonchev–Trinajstić information content (AvgIpc) is 2.39. The minimum absolute atomic E-state index is 0.521. The van der Waals surface area contributed by atoms with Gasteiger partial charge < -0.3 is 5.32 Å². The first-order valence-electron chi connectivity index (χ1n) is 6.90. The van der Waals surface area contributed by atoms with Crippen molar-refractivity contribution in [3.05, 3.63) is 63.1 Å². The first kappa shape index (κ1) is 14.0. The van der Waals surface area contributed by atoms with Crippen molar-refractivity contribution in [1.82, 2.24) is 0 Å². The molecule has 0 saturated heterocycles. The lowest BCUT2D eigenvalue weighted by molar-refractivity contribution is 0.374. The molecule has 20 heavy (non-hydrogen) atoms. The van der Waals surface area contributed by atoms with Gasteiger partial charge in [-0.3, -0.25) is 0 Å². The Morgan fingerprint density at radius 2 is 1.80 bits per heavy atom. The van der Waals surface area contributed by atoms with E-state index in [2.05, 4.69) is 52.4 Å². The van der Waals surface area contributed by atoms with E-state index in [0.717, 1.165) is 15.2 Å². The summed E-state index contributed by atoms with van der Waals surface area (Å²) in [5, 5.41) is 4.32. The van der Waals surface area contributed by atoms with Gasteiger partial charge in [-0.2, -0.15) is 0 Å². The lowest BCUT2D eigenvalue weighted by Gasteiger charge is -2.37. The maximum absolute atomic E-state index is 6.21. The third-order valence-corrected chi connectivity index (χ3v) is 4.80. The van der Waals surface area contributed by atoms with Crippen LogP contribution in [0.1, 0.15) is 29.9 Å². The number of rotatable bonds is 3. The van der Waals surface area contributed by atoms with Crippen LogP contribution in [0, 0.1) is 6.92 Å². The van der Waals surface area contributed by atoms with Gasteiger partial charge >= 0.3 is 0 Å². The lowest BCUT2D eigenvalue weighted by atomic mass is 9.75. The summed E-state index contributed by atoms with van der Waals surface area (Å²) >= 11 is 9.69. The zero-order valence-electron chi connectivity index (χ0n) is 11.4. The SMILES string of the molecule is Cc1ccc(C2CC(Nc3cc(Br)ccc3Cl)C2)cc1. The summed E-state index contributed by atoms with van der Waals surface area (Å²) in [6.07, 6.45) is 2.35. The Morgan fingerprint density at radius 3 is 2.50 bits per heavy atom. The van der Waals surface area contributed by atoms with Crippen molar-refractivity contribution < 1.29 is 0 Å². The fourth-order valence-corrected chi connectivity index (χ4v) is 3.21.